The predicted molar refractivity (Wildman–Crippen MR) is 82.3 cm³/mol. The summed E-state index contributed by atoms with van der Waals surface area (Å²) in [5.74, 6) is 0.666. The first kappa shape index (κ1) is 16.7. The predicted octanol–water partition coefficient (Wildman–Crippen LogP) is -0.175. The molecule has 1 N–H and O–H groups in total. The monoisotopic (exact) mass is 327 g/mol. The van der Waals surface area contributed by atoms with Crippen molar-refractivity contribution < 1.29 is 17.9 Å². The van der Waals surface area contributed by atoms with Gasteiger partial charge in [0, 0.05) is 24.3 Å². The number of hydrogen-bond acceptors (Lipinski definition) is 6. The Bertz CT molecular complexity index is 633. The molecule has 1 fully saturated rings. The third-order valence-electron chi connectivity index (χ3n) is 3.74. The molecule has 0 unspecified atom stereocenters. The SMILES string of the molecule is COc1ncccc1CNC(=O)CN(C)[C@H]1CCS(=O)(=O)C1. The molecule has 1 atom stereocenters. The van der Waals surface area contributed by atoms with Gasteiger partial charge in [-0.05, 0) is 19.5 Å². The van der Waals surface area contributed by atoms with Crippen molar-refractivity contribution in [2.45, 2.75) is 19.0 Å². The highest BCUT2D eigenvalue weighted by atomic mass is 32.2. The highest BCUT2D eigenvalue weighted by Gasteiger charge is 2.31. The number of pyridine rings is 1. The molecule has 0 spiro atoms. The van der Waals surface area contributed by atoms with Crippen LogP contribution in [0.15, 0.2) is 18.3 Å². The van der Waals surface area contributed by atoms with Crippen molar-refractivity contribution in [3.05, 3.63) is 23.9 Å². The molecule has 2 rings (SSSR count). The van der Waals surface area contributed by atoms with Gasteiger partial charge in [0.15, 0.2) is 9.84 Å². The standard InChI is InChI=1S/C14H21N3O4S/c1-17(12-5-7-22(19,20)10-12)9-13(18)16-8-11-4-3-6-15-14(11)21-2/h3-4,6,12H,5,7-10H2,1-2H3,(H,16,18)/t12-/m0/s1. The Kier molecular flexibility index (Phi) is 5.36. The van der Waals surface area contributed by atoms with Crippen molar-refractivity contribution in [2.24, 2.45) is 0 Å². The molecule has 122 valence electrons. The van der Waals surface area contributed by atoms with E-state index in [4.69, 9.17) is 4.74 Å². The number of hydrogen-bond donors (Lipinski definition) is 1. The molecule has 1 aliphatic heterocycles. The molecule has 1 amide bonds. The van der Waals surface area contributed by atoms with Crippen molar-refractivity contribution >= 4 is 15.7 Å². The fourth-order valence-corrected chi connectivity index (χ4v) is 4.28. The van der Waals surface area contributed by atoms with Gasteiger partial charge in [0.2, 0.25) is 11.8 Å². The normalized spacial score (nSPS) is 20.0. The van der Waals surface area contributed by atoms with Crippen molar-refractivity contribution in [1.29, 1.82) is 0 Å². The van der Waals surface area contributed by atoms with Crippen LogP contribution in [0.5, 0.6) is 5.88 Å². The Morgan fingerprint density at radius 1 is 1.55 bits per heavy atom. The van der Waals surface area contributed by atoms with Crippen LogP contribution >= 0.6 is 0 Å². The summed E-state index contributed by atoms with van der Waals surface area (Å²) >= 11 is 0. The van der Waals surface area contributed by atoms with Gasteiger partial charge in [-0.25, -0.2) is 13.4 Å². The number of carbonyl (C=O) groups excluding carboxylic acids is 1. The molecule has 1 aromatic rings. The van der Waals surface area contributed by atoms with Gasteiger partial charge in [-0.1, -0.05) is 6.07 Å². The van der Waals surface area contributed by atoms with E-state index in [-0.39, 0.29) is 30.0 Å². The van der Waals surface area contributed by atoms with Crippen LogP contribution in [0.3, 0.4) is 0 Å². The molecular weight excluding hydrogens is 306 g/mol. The van der Waals surface area contributed by atoms with E-state index in [9.17, 15) is 13.2 Å². The largest absolute Gasteiger partial charge is 0.481 e. The van der Waals surface area contributed by atoms with Crippen LogP contribution in [0.1, 0.15) is 12.0 Å². The van der Waals surface area contributed by atoms with E-state index in [1.165, 1.54) is 7.11 Å². The summed E-state index contributed by atoms with van der Waals surface area (Å²) in [5.41, 5.74) is 0.796. The third kappa shape index (κ3) is 4.41. The number of nitrogens with zero attached hydrogens (tertiary/aromatic N) is 2. The fourth-order valence-electron chi connectivity index (χ4n) is 2.47. The molecule has 1 aliphatic rings. The number of rotatable bonds is 6. The molecule has 0 aromatic carbocycles. The lowest BCUT2D eigenvalue weighted by atomic mass is 10.2. The first-order valence-electron chi connectivity index (χ1n) is 7.06. The van der Waals surface area contributed by atoms with Gasteiger partial charge < -0.3 is 10.1 Å². The van der Waals surface area contributed by atoms with Crippen LogP contribution in [-0.2, 0) is 21.2 Å². The Labute approximate surface area is 130 Å². The number of amides is 1. The molecule has 0 radical (unpaired) electrons. The van der Waals surface area contributed by atoms with Crippen LogP contribution < -0.4 is 10.1 Å². The lowest BCUT2D eigenvalue weighted by Gasteiger charge is -2.22. The molecule has 1 saturated heterocycles. The van der Waals surface area contributed by atoms with Gasteiger partial charge in [0.25, 0.3) is 0 Å². The summed E-state index contributed by atoms with van der Waals surface area (Å²) < 4.78 is 28.1. The maximum atomic E-state index is 12.0. The van der Waals surface area contributed by atoms with Crippen LogP contribution in [0.2, 0.25) is 0 Å². The maximum Gasteiger partial charge on any atom is 0.234 e. The van der Waals surface area contributed by atoms with E-state index in [1.807, 2.05) is 6.07 Å². The molecular formula is C14H21N3O4S. The molecule has 2 heterocycles. The second-order valence-corrected chi connectivity index (χ2v) is 7.65. The van der Waals surface area contributed by atoms with Crippen LogP contribution in [0, 0.1) is 0 Å². The summed E-state index contributed by atoms with van der Waals surface area (Å²) in [6.45, 7) is 0.495. The highest BCUT2D eigenvalue weighted by molar-refractivity contribution is 7.91. The smallest absolute Gasteiger partial charge is 0.234 e. The Morgan fingerprint density at radius 2 is 2.32 bits per heavy atom. The van der Waals surface area contributed by atoms with Crippen molar-refractivity contribution in [3.63, 3.8) is 0 Å². The fraction of sp³-hybridized carbons (Fsp3) is 0.571. The first-order valence-corrected chi connectivity index (χ1v) is 8.88. The minimum absolute atomic E-state index is 0.0799. The number of nitrogens with one attached hydrogen (secondary N) is 1. The Balaban J connectivity index is 1.83. The topological polar surface area (TPSA) is 88.6 Å². The van der Waals surface area contributed by atoms with Crippen LogP contribution in [-0.4, -0.2) is 62.5 Å². The van der Waals surface area contributed by atoms with Crippen molar-refractivity contribution in [3.8, 4) is 5.88 Å². The number of ether oxygens (including phenoxy) is 1. The Morgan fingerprint density at radius 3 is 2.95 bits per heavy atom. The van der Waals surface area contributed by atoms with E-state index in [2.05, 4.69) is 10.3 Å². The minimum Gasteiger partial charge on any atom is -0.481 e. The number of likely N-dealkylation sites (N-methyl/N-ethyl adjacent to an activating group) is 1. The molecule has 0 bridgehead atoms. The molecule has 0 saturated carbocycles. The number of methoxy groups -OCH3 is 1. The second-order valence-electron chi connectivity index (χ2n) is 5.42. The van der Waals surface area contributed by atoms with Crippen molar-refractivity contribution in [2.75, 3.05) is 32.2 Å². The molecule has 8 heteroatoms. The van der Waals surface area contributed by atoms with Crippen LogP contribution in [0.25, 0.3) is 0 Å². The van der Waals surface area contributed by atoms with Gasteiger partial charge in [0.05, 0.1) is 25.2 Å². The molecule has 7 nitrogen and oxygen atoms in total. The Hall–Kier alpha value is -1.67. The van der Waals surface area contributed by atoms with E-state index in [0.717, 1.165) is 5.56 Å². The third-order valence-corrected chi connectivity index (χ3v) is 5.49. The van der Waals surface area contributed by atoms with Gasteiger partial charge in [0.1, 0.15) is 0 Å². The number of carbonyl (C=O) groups is 1. The second kappa shape index (κ2) is 7.06. The summed E-state index contributed by atoms with van der Waals surface area (Å²) in [4.78, 5) is 17.8. The molecule has 22 heavy (non-hydrogen) atoms. The zero-order chi connectivity index (χ0) is 16.2. The van der Waals surface area contributed by atoms with E-state index < -0.39 is 9.84 Å². The van der Waals surface area contributed by atoms with E-state index in [0.29, 0.717) is 18.8 Å². The van der Waals surface area contributed by atoms with Crippen LogP contribution in [0.4, 0.5) is 0 Å². The minimum atomic E-state index is -2.94. The van der Waals surface area contributed by atoms with E-state index in [1.54, 1.807) is 24.2 Å². The molecule has 1 aromatic heterocycles. The number of aromatic nitrogens is 1. The molecule has 0 aliphatic carbocycles. The van der Waals surface area contributed by atoms with Gasteiger partial charge in [-0.15, -0.1) is 0 Å². The lowest BCUT2D eigenvalue weighted by molar-refractivity contribution is -0.122. The van der Waals surface area contributed by atoms with Crippen molar-refractivity contribution in [1.82, 2.24) is 15.2 Å². The maximum absolute atomic E-state index is 12.0. The summed E-state index contributed by atoms with van der Waals surface area (Å²) in [5, 5.41) is 2.80. The zero-order valence-corrected chi connectivity index (χ0v) is 13.6. The van der Waals surface area contributed by atoms with E-state index >= 15 is 0 Å². The average Bonchev–Trinajstić information content (AvgIpc) is 2.85. The highest BCUT2D eigenvalue weighted by Crippen LogP contribution is 2.16. The van der Waals surface area contributed by atoms with Gasteiger partial charge in [-0.3, -0.25) is 9.69 Å². The quantitative estimate of drug-likeness (QED) is 0.780. The first-order chi connectivity index (χ1) is 10.4. The lowest BCUT2D eigenvalue weighted by Crippen LogP contribution is -2.41. The summed E-state index contributed by atoms with van der Waals surface area (Å²) in [7, 11) is 0.365. The summed E-state index contributed by atoms with van der Waals surface area (Å²) in [6.07, 6.45) is 2.21. The number of sulfone groups is 1. The van der Waals surface area contributed by atoms with Gasteiger partial charge >= 0.3 is 0 Å². The summed E-state index contributed by atoms with van der Waals surface area (Å²) in [6, 6.07) is 3.53. The van der Waals surface area contributed by atoms with Gasteiger partial charge in [-0.2, -0.15) is 0 Å². The average molecular weight is 327 g/mol. The zero-order valence-electron chi connectivity index (χ0n) is 12.8.